The minimum atomic E-state index is -0.978. The van der Waals surface area contributed by atoms with E-state index < -0.39 is 36.5 Å². The molecule has 8 heteroatoms. The molecule has 3 amide bonds. The van der Waals surface area contributed by atoms with E-state index in [4.69, 9.17) is 16.3 Å². The van der Waals surface area contributed by atoms with Crippen molar-refractivity contribution in [2.45, 2.75) is 19.9 Å². The van der Waals surface area contributed by atoms with Gasteiger partial charge in [-0.1, -0.05) is 49.7 Å². The summed E-state index contributed by atoms with van der Waals surface area (Å²) in [6.07, 6.45) is 0. The SMILES string of the molecule is CC(C)[C@H](NC(=O)c1ccccc1Cl)C(=O)OCN1C(=O)c2ccccc2C1=O. The molecule has 1 aliphatic rings. The predicted octanol–water partition coefficient (Wildman–Crippen LogP) is 2.89. The molecule has 1 N–H and O–H groups in total. The molecule has 0 unspecified atom stereocenters. The number of rotatable bonds is 6. The Hall–Kier alpha value is -3.19. The summed E-state index contributed by atoms with van der Waals surface area (Å²) in [6, 6.07) is 11.9. The van der Waals surface area contributed by atoms with E-state index in [0.717, 1.165) is 4.90 Å². The first-order valence-corrected chi connectivity index (χ1v) is 9.36. The van der Waals surface area contributed by atoms with Crippen LogP contribution in [-0.4, -0.2) is 41.4 Å². The number of carbonyl (C=O) groups excluding carboxylic acids is 4. The van der Waals surface area contributed by atoms with Crippen LogP contribution in [0.4, 0.5) is 0 Å². The number of esters is 1. The molecule has 0 fully saturated rings. The lowest BCUT2D eigenvalue weighted by Gasteiger charge is -2.22. The van der Waals surface area contributed by atoms with Crippen molar-refractivity contribution < 1.29 is 23.9 Å². The Morgan fingerprint density at radius 3 is 2.10 bits per heavy atom. The summed E-state index contributed by atoms with van der Waals surface area (Å²) in [6.45, 7) is 2.94. The number of fused-ring (bicyclic) bond motifs is 1. The van der Waals surface area contributed by atoms with Gasteiger partial charge >= 0.3 is 5.97 Å². The van der Waals surface area contributed by atoms with E-state index in [1.54, 1.807) is 50.2 Å². The van der Waals surface area contributed by atoms with Crippen LogP contribution in [0.25, 0.3) is 0 Å². The number of imide groups is 1. The molecule has 0 aliphatic carbocycles. The molecule has 2 aromatic carbocycles. The average molecular weight is 415 g/mol. The third-order valence-electron chi connectivity index (χ3n) is 4.54. The number of carbonyl (C=O) groups is 4. The first-order chi connectivity index (χ1) is 13.8. The molecule has 0 saturated heterocycles. The Morgan fingerprint density at radius 2 is 1.55 bits per heavy atom. The number of benzene rings is 2. The molecule has 0 radical (unpaired) electrons. The second-order valence-corrected chi connectivity index (χ2v) is 7.26. The van der Waals surface area contributed by atoms with Crippen LogP contribution >= 0.6 is 11.6 Å². The van der Waals surface area contributed by atoms with Gasteiger partial charge in [-0.3, -0.25) is 14.4 Å². The van der Waals surface area contributed by atoms with E-state index in [1.165, 1.54) is 12.1 Å². The number of nitrogens with zero attached hydrogens (tertiary/aromatic N) is 1. The van der Waals surface area contributed by atoms with Gasteiger partial charge in [0, 0.05) is 0 Å². The summed E-state index contributed by atoms with van der Waals surface area (Å²) in [5.41, 5.74) is 0.759. The van der Waals surface area contributed by atoms with Gasteiger partial charge in [-0.05, 0) is 30.2 Å². The molecule has 3 rings (SSSR count). The molecule has 0 aromatic heterocycles. The van der Waals surface area contributed by atoms with Crippen LogP contribution in [0.5, 0.6) is 0 Å². The average Bonchev–Trinajstić information content (AvgIpc) is 2.94. The molecule has 1 atom stereocenters. The number of hydrogen-bond acceptors (Lipinski definition) is 5. The summed E-state index contributed by atoms with van der Waals surface area (Å²) in [7, 11) is 0. The maximum Gasteiger partial charge on any atom is 0.330 e. The number of ether oxygens (including phenoxy) is 1. The lowest BCUT2D eigenvalue weighted by molar-refractivity contribution is -0.149. The lowest BCUT2D eigenvalue weighted by atomic mass is 10.0. The van der Waals surface area contributed by atoms with Crippen molar-refractivity contribution in [3.05, 3.63) is 70.2 Å². The monoisotopic (exact) mass is 414 g/mol. The van der Waals surface area contributed by atoms with Crippen LogP contribution < -0.4 is 5.32 Å². The third-order valence-corrected chi connectivity index (χ3v) is 4.87. The predicted molar refractivity (Wildman–Crippen MR) is 105 cm³/mol. The van der Waals surface area contributed by atoms with E-state index >= 15 is 0 Å². The first kappa shape index (κ1) is 20.5. The van der Waals surface area contributed by atoms with Crippen LogP contribution in [-0.2, 0) is 9.53 Å². The molecule has 0 saturated carbocycles. The zero-order valence-corrected chi connectivity index (χ0v) is 16.6. The van der Waals surface area contributed by atoms with Crippen molar-refractivity contribution in [3.8, 4) is 0 Å². The van der Waals surface area contributed by atoms with Crippen LogP contribution in [0.2, 0.25) is 5.02 Å². The summed E-state index contributed by atoms with van der Waals surface area (Å²) < 4.78 is 5.19. The van der Waals surface area contributed by atoms with Gasteiger partial charge in [0.2, 0.25) is 0 Å². The number of nitrogens with one attached hydrogen (secondary N) is 1. The minimum absolute atomic E-state index is 0.230. The summed E-state index contributed by atoms with van der Waals surface area (Å²) in [5, 5.41) is 2.86. The highest BCUT2D eigenvalue weighted by Crippen LogP contribution is 2.22. The highest BCUT2D eigenvalue weighted by atomic mass is 35.5. The van der Waals surface area contributed by atoms with Gasteiger partial charge in [0.25, 0.3) is 17.7 Å². The summed E-state index contributed by atoms with van der Waals surface area (Å²) in [4.78, 5) is 50.6. The Labute approximate surface area is 172 Å². The Kier molecular flexibility index (Phi) is 5.98. The van der Waals surface area contributed by atoms with Crippen molar-refractivity contribution in [2.75, 3.05) is 6.73 Å². The van der Waals surface area contributed by atoms with Crippen molar-refractivity contribution in [1.82, 2.24) is 10.2 Å². The van der Waals surface area contributed by atoms with E-state index in [2.05, 4.69) is 5.32 Å². The lowest BCUT2D eigenvalue weighted by Crippen LogP contribution is -2.46. The molecule has 150 valence electrons. The van der Waals surface area contributed by atoms with Crippen LogP contribution in [0, 0.1) is 5.92 Å². The molecule has 0 bridgehead atoms. The van der Waals surface area contributed by atoms with E-state index in [9.17, 15) is 19.2 Å². The Balaban J connectivity index is 1.67. The molecule has 29 heavy (non-hydrogen) atoms. The largest absolute Gasteiger partial charge is 0.442 e. The molecule has 2 aromatic rings. The van der Waals surface area contributed by atoms with Gasteiger partial charge in [-0.15, -0.1) is 0 Å². The van der Waals surface area contributed by atoms with Crippen molar-refractivity contribution >= 4 is 35.3 Å². The normalized spacial score (nSPS) is 14.0. The fourth-order valence-electron chi connectivity index (χ4n) is 2.94. The van der Waals surface area contributed by atoms with Crippen molar-refractivity contribution in [3.63, 3.8) is 0 Å². The quantitative estimate of drug-likeness (QED) is 0.579. The van der Waals surface area contributed by atoms with Crippen LogP contribution in [0.15, 0.2) is 48.5 Å². The molecule has 0 spiro atoms. The molecule has 1 aliphatic heterocycles. The molecule has 7 nitrogen and oxygen atoms in total. The Morgan fingerprint density at radius 1 is 1.00 bits per heavy atom. The maximum atomic E-state index is 12.6. The first-order valence-electron chi connectivity index (χ1n) is 8.98. The Bertz CT molecular complexity index is 954. The molecular weight excluding hydrogens is 396 g/mol. The summed E-state index contributed by atoms with van der Waals surface area (Å²) >= 11 is 6.03. The van der Waals surface area contributed by atoms with Crippen molar-refractivity contribution in [2.24, 2.45) is 5.92 Å². The molecular formula is C21H19ClN2O5. The highest BCUT2D eigenvalue weighted by molar-refractivity contribution is 6.33. The van der Waals surface area contributed by atoms with E-state index in [-0.39, 0.29) is 27.6 Å². The fourth-order valence-corrected chi connectivity index (χ4v) is 3.16. The van der Waals surface area contributed by atoms with Gasteiger partial charge in [0.1, 0.15) is 6.04 Å². The zero-order chi connectivity index (χ0) is 21.1. The molecule has 1 heterocycles. The second kappa shape index (κ2) is 8.45. The minimum Gasteiger partial charge on any atom is -0.442 e. The standard InChI is InChI=1S/C21H19ClN2O5/c1-12(2)17(23-18(25)15-9-5-6-10-16(15)22)21(28)29-11-24-19(26)13-7-3-4-8-14(13)20(24)27/h3-10,12,17H,11H2,1-2H3,(H,23,25)/t17-/m0/s1. The van der Waals surface area contributed by atoms with E-state index in [0.29, 0.717) is 0 Å². The van der Waals surface area contributed by atoms with Gasteiger partial charge in [0.15, 0.2) is 6.73 Å². The van der Waals surface area contributed by atoms with Gasteiger partial charge in [-0.25, -0.2) is 9.69 Å². The van der Waals surface area contributed by atoms with Gasteiger partial charge in [0.05, 0.1) is 21.7 Å². The van der Waals surface area contributed by atoms with Crippen LogP contribution in [0.1, 0.15) is 44.9 Å². The van der Waals surface area contributed by atoms with Gasteiger partial charge in [-0.2, -0.15) is 0 Å². The van der Waals surface area contributed by atoms with Crippen molar-refractivity contribution in [1.29, 1.82) is 0 Å². The highest BCUT2D eigenvalue weighted by Gasteiger charge is 2.36. The fraction of sp³-hybridized carbons (Fsp3) is 0.238. The maximum absolute atomic E-state index is 12.6. The number of amides is 3. The number of hydrogen-bond donors (Lipinski definition) is 1. The zero-order valence-electron chi connectivity index (χ0n) is 15.8. The van der Waals surface area contributed by atoms with Gasteiger partial charge < -0.3 is 10.1 Å². The summed E-state index contributed by atoms with van der Waals surface area (Å²) in [5.74, 6) is -2.63. The topological polar surface area (TPSA) is 92.8 Å². The third kappa shape index (κ3) is 4.14. The van der Waals surface area contributed by atoms with E-state index in [1.807, 2.05) is 0 Å². The second-order valence-electron chi connectivity index (χ2n) is 6.85. The number of halogens is 1. The smallest absolute Gasteiger partial charge is 0.330 e. The van der Waals surface area contributed by atoms with Crippen LogP contribution in [0.3, 0.4) is 0 Å².